The van der Waals surface area contributed by atoms with Gasteiger partial charge in [-0.3, -0.25) is 4.90 Å². The number of morpholine rings is 1. The Labute approximate surface area is 147 Å². The van der Waals surface area contributed by atoms with E-state index >= 15 is 0 Å². The molecule has 130 valence electrons. The summed E-state index contributed by atoms with van der Waals surface area (Å²) in [5.41, 5.74) is 3.04. The minimum absolute atomic E-state index is 0.291. The Bertz CT molecular complexity index is 745. The van der Waals surface area contributed by atoms with E-state index in [1.165, 1.54) is 0 Å². The van der Waals surface area contributed by atoms with Crippen molar-refractivity contribution in [1.82, 2.24) is 9.88 Å². The Morgan fingerprint density at radius 1 is 1.08 bits per heavy atom. The van der Waals surface area contributed by atoms with Crippen LogP contribution in [0.3, 0.4) is 0 Å². The predicted octanol–water partition coefficient (Wildman–Crippen LogP) is 2.57. The van der Waals surface area contributed by atoms with Crippen molar-refractivity contribution in [3.05, 3.63) is 59.3 Å². The predicted molar refractivity (Wildman–Crippen MR) is 93.1 cm³/mol. The number of amides is 1. The van der Waals surface area contributed by atoms with Crippen molar-refractivity contribution >= 4 is 11.9 Å². The van der Waals surface area contributed by atoms with Crippen molar-refractivity contribution in [2.45, 2.75) is 19.7 Å². The number of fused-ring (bicyclic) bond motifs is 1. The first-order valence-corrected chi connectivity index (χ1v) is 8.57. The Kier molecular flexibility index (Phi) is 4.52. The van der Waals surface area contributed by atoms with Crippen LogP contribution in [0, 0.1) is 0 Å². The molecule has 1 amide bonds. The van der Waals surface area contributed by atoms with Gasteiger partial charge in [-0.15, -0.1) is 0 Å². The normalized spacial score (nSPS) is 16.6. The number of benzene rings is 1. The molecule has 0 bridgehead atoms. The lowest BCUT2D eigenvalue weighted by Gasteiger charge is -2.28. The van der Waals surface area contributed by atoms with Crippen LogP contribution in [0.15, 0.2) is 42.5 Å². The molecule has 3 heterocycles. The lowest BCUT2D eigenvalue weighted by molar-refractivity contribution is 0.0953. The number of hydrogen-bond donors (Lipinski definition) is 0. The van der Waals surface area contributed by atoms with E-state index in [2.05, 4.69) is 11.0 Å². The minimum atomic E-state index is -0.297. The lowest BCUT2D eigenvalue weighted by atomic mass is 10.2. The monoisotopic (exact) mass is 339 g/mol. The number of pyridine rings is 1. The molecule has 0 radical (unpaired) electrons. The quantitative estimate of drug-likeness (QED) is 0.860. The average molecular weight is 339 g/mol. The van der Waals surface area contributed by atoms with Crippen LogP contribution in [-0.2, 0) is 29.2 Å². The summed E-state index contributed by atoms with van der Waals surface area (Å²) in [7, 11) is 0. The fourth-order valence-electron chi connectivity index (χ4n) is 3.15. The number of carbonyl (C=O) groups excluding carboxylic acids is 1. The van der Waals surface area contributed by atoms with E-state index in [0.717, 1.165) is 48.9 Å². The summed E-state index contributed by atoms with van der Waals surface area (Å²) in [4.78, 5) is 21.0. The van der Waals surface area contributed by atoms with Crippen molar-refractivity contribution in [2.75, 3.05) is 31.2 Å². The molecule has 1 aromatic heterocycles. The first-order chi connectivity index (χ1) is 12.3. The summed E-state index contributed by atoms with van der Waals surface area (Å²) < 4.78 is 10.8. The highest BCUT2D eigenvalue weighted by Crippen LogP contribution is 2.25. The molecule has 0 atom stereocenters. The molecule has 2 aromatic rings. The Morgan fingerprint density at radius 3 is 2.68 bits per heavy atom. The number of nitrogens with zero attached hydrogens (tertiary/aromatic N) is 3. The number of aromatic nitrogens is 1. The van der Waals surface area contributed by atoms with Crippen LogP contribution < -0.4 is 4.90 Å². The van der Waals surface area contributed by atoms with Gasteiger partial charge in [0, 0.05) is 13.1 Å². The van der Waals surface area contributed by atoms with E-state index in [4.69, 9.17) is 14.5 Å². The van der Waals surface area contributed by atoms with Gasteiger partial charge < -0.3 is 14.4 Å². The molecule has 1 aromatic carbocycles. The van der Waals surface area contributed by atoms with Crippen LogP contribution >= 0.6 is 0 Å². The Balaban J connectivity index is 1.38. The fourth-order valence-corrected chi connectivity index (χ4v) is 3.15. The van der Waals surface area contributed by atoms with Crippen molar-refractivity contribution in [3.8, 4) is 0 Å². The first-order valence-electron chi connectivity index (χ1n) is 8.57. The molecular formula is C19H21N3O3. The molecule has 0 unspecified atom stereocenters. The summed E-state index contributed by atoms with van der Waals surface area (Å²) in [6, 6.07) is 13.8. The highest BCUT2D eigenvalue weighted by Gasteiger charge is 2.26. The van der Waals surface area contributed by atoms with Gasteiger partial charge in [-0.2, -0.15) is 0 Å². The van der Waals surface area contributed by atoms with E-state index in [1.54, 1.807) is 4.90 Å². The second kappa shape index (κ2) is 7.11. The van der Waals surface area contributed by atoms with Crippen molar-refractivity contribution in [1.29, 1.82) is 0 Å². The van der Waals surface area contributed by atoms with Gasteiger partial charge in [0.15, 0.2) is 0 Å². The van der Waals surface area contributed by atoms with Gasteiger partial charge in [-0.25, -0.2) is 9.78 Å². The number of hydrogen-bond acceptors (Lipinski definition) is 5. The lowest BCUT2D eigenvalue weighted by Crippen LogP contribution is -2.36. The van der Waals surface area contributed by atoms with Crippen LogP contribution in [-0.4, -0.2) is 42.3 Å². The number of anilines is 1. The number of rotatable bonds is 3. The Hall–Kier alpha value is -2.60. The molecule has 2 aliphatic rings. The number of carbonyl (C=O) groups is 1. The summed E-state index contributed by atoms with van der Waals surface area (Å²) in [6.45, 7) is 4.52. The van der Waals surface area contributed by atoms with Crippen molar-refractivity contribution < 1.29 is 14.3 Å². The zero-order chi connectivity index (χ0) is 17.1. The Morgan fingerprint density at radius 2 is 1.88 bits per heavy atom. The van der Waals surface area contributed by atoms with E-state index in [0.29, 0.717) is 19.7 Å². The maximum Gasteiger partial charge on any atom is 0.410 e. The summed E-state index contributed by atoms with van der Waals surface area (Å²) >= 11 is 0. The van der Waals surface area contributed by atoms with Crippen LogP contribution in [0.25, 0.3) is 0 Å². The molecule has 0 aliphatic carbocycles. The molecule has 0 N–H and O–H groups in total. The fraction of sp³-hybridized carbons (Fsp3) is 0.368. The minimum Gasteiger partial charge on any atom is -0.445 e. The summed E-state index contributed by atoms with van der Waals surface area (Å²) in [6.07, 6.45) is -0.297. The van der Waals surface area contributed by atoms with Crippen LogP contribution in [0.5, 0.6) is 0 Å². The summed E-state index contributed by atoms with van der Waals surface area (Å²) in [5.74, 6) is 0.960. The molecule has 0 spiro atoms. The van der Waals surface area contributed by atoms with Crippen LogP contribution in [0.1, 0.15) is 16.8 Å². The third-order valence-electron chi connectivity index (χ3n) is 4.55. The molecule has 6 heteroatoms. The zero-order valence-corrected chi connectivity index (χ0v) is 14.1. The zero-order valence-electron chi connectivity index (χ0n) is 14.1. The molecule has 25 heavy (non-hydrogen) atoms. The summed E-state index contributed by atoms with van der Waals surface area (Å²) in [5, 5.41) is 0. The van der Waals surface area contributed by atoms with Gasteiger partial charge in [0.25, 0.3) is 0 Å². The third kappa shape index (κ3) is 3.58. The average Bonchev–Trinajstić information content (AvgIpc) is 3.11. The third-order valence-corrected chi connectivity index (χ3v) is 4.55. The van der Waals surface area contributed by atoms with Crippen LogP contribution in [0.2, 0.25) is 0 Å². The topological polar surface area (TPSA) is 54.9 Å². The molecule has 1 fully saturated rings. The molecule has 6 nitrogen and oxygen atoms in total. The van der Waals surface area contributed by atoms with E-state index in [1.807, 2.05) is 36.4 Å². The largest absolute Gasteiger partial charge is 0.445 e. The van der Waals surface area contributed by atoms with Crippen LogP contribution in [0.4, 0.5) is 10.6 Å². The molecule has 1 saturated heterocycles. The van der Waals surface area contributed by atoms with Gasteiger partial charge in [0.05, 0.1) is 32.0 Å². The highest BCUT2D eigenvalue weighted by atomic mass is 16.6. The standard InChI is InChI=1S/C19H21N3O3/c23-19(25-14-15-4-2-1-3-5-15)22-12-16-6-7-18(20-17(16)13-22)21-8-10-24-11-9-21/h1-7H,8-14H2. The van der Waals surface area contributed by atoms with E-state index in [-0.39, 0.29) is 6.09 Å². The smallest absolute Gasteiger partial charge is 0.410 e. The van der Waals surface area contributed by atoms with Gasteiger partial charge in [0.2, 0.25) is 0 Å². The van der Waals surface area contributed by atoms with Gasteiger partial charge in [-0.1, -0.05) is 36.4 Å². The second-order valence-corrected chi connectivity index (χ2v) is 6.27. The van der Waals surface area contributed by atoms with Crippen molar-refractivity contribution in [3.63, 3.8) is 0 Å². The maximum atomic E-state index is 12.3. The second-order valence-electron chi connectivity index (χ2n) is 6.27. The van der Waals surface area contributed by atoms with Crippen molar-refractivity contribution in [2.24, 2.45) is 0 Å². The first kappa shape index (κ1) is 15.9. The highest BCUT2D eigenvalue weighted by molar-refractivity contribution is 5.68. The van der Waals surface area contributed by atoms with Gasteiger partial charge >= 0.3 is 6.09 Å². The molecule has 2 aliphatic heterocycles. The van der Waals surface area contributed by atoms with E-state index in [9.17, 15) is 4.79 Å². The number of ether oxygens (including phenoxy) is 2. The molecule has 4 rings (SSSR count). The molecule has 0 saturated carbocycles. The molecular weight excluding hydrogens is 318 g/mol. The van der Waals surface area contributed by atoms with Gasteiger partial charge in [0.1, 0.15) is 12.4 Å². The SMILES string of the molecule is O=C(OCc1ccccc1)N1Cc2ccc(N3CCOCC3)nc2C1. The van der Waals surface area contributed by atoms with E-state index < -0.39 is 0 Å². The van der Waals surface area contributed by atoms with Gasteiger partial charge in [-0.05, 0) is 17.2 Å². The maximum absolute atomic E-state index is 12.3.